The Morgan fingerprint density at radius 3 is 2.38 bits per heavy atom. The van der Waals surface area contributed by atoms with Gasteiger partial charge in [-0.3, -0.25) is 0 Å². The third-order valence-corrected chi connectivity index (χ3v) is 6.14. The van der Waals surface area contributed by atoms with Crippen LogP contribution >= 0.6 is 0 Å². The highest BCUT2D eigenvalue weighted by molar-refractivity contribution is 5.81. The summed E-state index contributed by atoms with van der Waals surface area (Å²) < 4.78 is 0. The van der Waals surface area contributed by atoms with Gasteiger partial charge in [-0.15, -0.1) is 0 Å². The Balaban J connectivity index is 1.69. The normalized spacial score (nSPS) is 13.2. The number of fused-ring (bicyclic) bond motifs is 2. The Hall–Kier alpha value is -2.55. The summed E-state index contributed by atoms with van der Waals surface area (Å²) in [6, 6.07) is 11.5. The van der Waals surface area contributed by atoms with Crippen molar-refractivity contribution < 1.29 is 0 Å². The quantitative estimate of drug-likeness (QED) is 0.361. The monoisotopic (exact) mass is 387 g/mol. The number of hydrogen-bond donors (Lipinski definition) is 2. The molecule has 0 aliphatic heterocycles. The molecule has 3 nitrogen and oxygen atoms in total. The van der Waals surface area contributed by atoms with Gasteiger partial charge < -0.3 is 9.97 Å². The molecule has 152 valence electrons. The van der Waals surface area contributed by atoms with Crippen molar-refractivity contribution in [3.8, 4) is 0 Å². The van der Waals surface area contributed by atoms with Crippen LogP contribution in [0.15, 0.2) is 36.5 Å². The van der Waals surface area contributed by atoms with Crippen LogP contribution < -0.4 is 0 Å². The second-order valence-electron chi connectivity index (χ2n) is 9.08. The number of nitrogens with zero attached hydrogens (tertiary/aromatic N) is 1. The minimum absolute atomic E-state index is 0.434. The van der Waals surface area contributed by atoms with Crippen molar-refractivity contribution in [3.63, 3.8) is 0 Å². The molecule has 0 aliphatic carbocycles. The smallest absolute Gasteiger partial charge is 0.137 e. The zero-order chi connectivity index (χ0) is 20.7. The van der Waals surface area contributed by atoms with E-state index in [1.54, 1.807) is 0 Å². The summed E-state index contributed by atoms with van der Waals surface area (Å²) in [5, 5.41) is 2.53. The van der Waals surface area contributed by atoms with Crippen LogP contribution in [-0.2, 0) is 12.8 Å². The van der Waals surface area contributed by atoms with E-state index in [4.69, 9.17) is 4.98 Å². The van der Waals surface area contributed by atoms with E-state index >= 15 is 0 Å². The zero-order valence-corrected chi connectivity index (χ0v) is 18.6. The summed E-state index contributed by atoms with van der Waals surface area (Å²) in [5.74, 6) is 1.39. The van der Waals surface area contributed by atoms with Crippen LogP contribution in [0, 0.1) is 0 Å². The molecule has 3 heteroatoms. The molecule has 4 rings (SSSR count). The van der Waals surface area contributed by atoms with Gasteiger partial charge in [0.1, 0.15) is 5.65 Å². The average Bonchev–Trinajstić information content (AvgIpc) is 3.30. The lowest BCUT2D eigenvalue weighted by atomic mass is 9.86. The van der Waals surface area contributed by atoms with E-state index < -0.39 is 0 Å². The molecule has 29 heavy (non-hydrogen) atoms. The molecule has 3 aromatic heterocycles. The lowest BCUT2D eigenvalue weighted by Gasteiger charge is -2.19. The van der Waals surface area contributed by atoms with E-state index in [0.717, 1.165) is 18.5 Å². The van der Waals surface area contributed by atoms with Crippen molar-refractivity contribution in [3.05, 3.63) is 64.6 Å². The summed E-state index contributed by atoms with van der Waals surface area (Å²) >= 11 is 0. The summed E-state index contributed by atoms with van der Waals surface area (Å²) in [5.41, 5.74) is 9.00. The predicted molar refractivity (Wildman–Crippen MR) is 124 cm³/mol. The van der Waals surface area contributed by atoms with Gasteiger partial charge in [0.2, 0.25) is 0 Å². The molecule has 1 unspecified atom stereocenters. The molecule has 1 atom stereocenters. The number of H-pyrrole nitrogens is 2. The number of aromatic amines is 2. The van der Waals surface area contributed by atoms with Gasteiger partial charge in [-0.2, -0.15) is 0 Å². The van der Waals surface area contributed by atoms with Gasteiger partial charge in [0, 0.05) is 28.5 Å². The Bertz CT molecular complexity index is 1140. The third-order valence-electron chi connectivity index (χ3n) is 6.14. The first kappa shape index (κ1) is 19.8. The van der Waals surface area contributed by atoms with Crippen LogP contribution in [0.1, 0.15) is 87.4 Å². The Morgan fingerprint density at radius 1 is 0.897 bits per heavy atom. The minimum Gasteiger partial charge on any atom is -0.361 e. The van der Waals surface area contributed by atoms with Crippen molar-refractivity contribution in [1.82, 2.24) is 15.0 Å². The molecule has 4 aromatic rings. The largest absolute Gasteiger partial charge is 0.361 e. The molecule has 0 saturated heterocycles. The van der Waals surface area contributed by atoms with Crippen LogP contribution in [0.4, 0.5) is 0 Å². The lowest BCUT2D eigenvalue weighted by molar-refractivity contribution is 0.719. The first-order valence-corrected chi connectivity index (χ1v) is 11.0. The molecule has 0 saturated carbocycles. The molecule has 0 amide bonds. The van der Waals surface area contributed by atoms with Crippen molar-refractivity contribution in [2.75, 3.05) is 0 Å². The first-order chi connectivity index (χ1) is 13.9. The van der Waals surface area contributed by atoms with Crippen LogP contribution in [0.25, 0.3) is 21.9 Å². The van der Waals surface area contributed by atoms with Gasteiger partial charge in [-0.25, -0.2) is 4.98 Å². The van der Waals surface area contributed by atoms with Gasteiger partial charge >= 0.3 is 0 Å². The number of pyridine rings is 1. The molecule has 0 bridgehead atoms. The number of benzene rings is 1. The number of nitrogens with one attached hydrogen (secondary N) is 2. The predicted octanol–water partition coefficient (Wildman–Crippen LogP) is 7.20. The second-order valence-corrected chi connectivity index (χ2v) is 9.08. The zero-order valence-electron chi connectivity index (χ0n) is 18.6. The topological polar surface area (TPSA) is 44.5 Å². The highest BCUT2D eigenvalue weighted by Crippen LogP contribution is 2.33. The fourth-order valence-electron chi connectivity index (χ4n) is 4.57. The summed E-state index contributed by atoms with van der Waals surface area (Å²) in [7, 11) is 0. The molecule has 0 spiro atoms. The standard InChI is InChI=1S/C26H33N3/c1-7-18-11-20-12-21(28-26(20)29-25(18)16(4)5)10-17(6)23-14-24-19(8-9-27-24)13-22(23)15(2)3/h8-9,11-17,27H,7,10H2,1-6H3,(H,28,29). The number of hydrogen-bond acceptors (Lipinski definition) is 1. The van der Waals surface area contributed by atoms with E-state index in [0.29, 0.717) is 17.8 Å². The molecule has 0 fully saturated rings. The number of aryl methyl sites for hydroxylation is 1. The highest BCUT2D eigenvalue weighted by Gasteiger charge is 2.17. The van der Waals surface area contributed by atoms with E-state index in [1.165, 1.54) is 44.4 Å². The maximum atomic E-state index is 4.97. The van der Waals surface area contributed by atoms with Crippen LogP contribution in [0.2, 0.25) is 0 Å². The summed E-state index contributed by atoms with van der Waals surface area (Å²) in [4.78, 5) is 11.9. The van der Waals surface area contributed by atoms with Crippen LogP contribution in [0.5, 0.6) is 0 Å². The second kappa shape index (κ2) is 7.70. The van der Waals surface area contributed by atoms with Crippen LogP contribution in [0.3, 0.4) is 0 Å². The number of rotatable bonds is 6. The maximum Gasteiger partial charge on any atom is 0.137 e. The van der Waals surface area contributed by atoms with Crippen molar-refractivity contribution in [2.24, 2.45) is 0 Å². The molecule has 1 aromatic carbocycles. The molecular weight excluding hydrogens is 354 g/mol. The fraction of sp³-hybridized carbons (Fsp3) is 0.423. The fourth-order valence-corrected chi connectivity index (χ4v) is 4.57. The van der Waals surface area contributed by atoms with Crippen molar-refractivity contribution in [2.45, 2.75) is 72.1 Å². The lowest BCUT2D eigenvalue weighted by Crippen LogP contribution is -2.04. The van der Waals surface area contributed by atoms with Gasteiger partial charge in [0.15, 0.2) is 0 Å². The molecule has 0 aliphatic rings. The molecule has 0 radical (unpaired) electrons. The number of aromatic nitrogens is 3. The summed E-state index contributed by atoms with van der Waals surface area (Å²) in [6.07, 6.45) is 4.05. The Labute approximate surface area is 174 Å². The van der Waals surface area contributed by atoms with E-state index in [2.05, 4.69) is 81.8 Å². The average molecular weight is 388 g/mol. The SMILES string of the molecule is CCc1cc2cc(CC(C)c3cc4[nH]ccc4cc3C(C)C)[nH]c2nc1C(C)C. The molecular formula is C26H33N3. The Kier molecular flexibility index (Phi) is 5.24. The van der Waals surface area contributed by atoms with Gasteiger partial charge in [0.05, 0.1) is 0 Å². The van der Waals surface area contributed by atoms with Gasteiger partial charge in [0.25, 0.3) is 0 Å². The van der Waals surface area contributed by atoms with E-state index in [9.17, 15) is 0 Å². The first-order valence-electron chi connectivity index (χ1n) is 11.0. The van der Waals surface area contributed by atoms with Crippen molar-refractivity contribution in [1.29, 1.82) is 0 Å². The van der Waals surface area contributed by atoms with E-state index in [-0.39, 0.29) is 0 Å². The van der Waals surface area contributed by atoms with Gasteiger partial charge in [-0.1, -0.05) is 41.5 Å². The maximum absolute atomic E-state index is 4.97. The molecule has 2 N–H and O–H groups in total. The van der Waals surface area contributed by atoms with Gasteiger partial charge in [-0.05, 0) is 83.0 Å². The van der Waals surface area contributed by atoms with E-state index in [1.807, 2.05) is 6.20 Å². The highest BCUT2D eigenvalue weighted by atomic mass is 14.9. The Morgan fingerprint density at radius 2 is 1.69 bits per heavy atom. The summed E-state index contributed by atoms with van der Waals surface area (Å²) in [6.45, 7) is 13.6. The van der Waals surface area contributed by atoms with Crippen LogP contribution in [-0.4, -0.2) is 15.0 Å². The molecule has 3 heterocycles. The minimum atomic E-state index is 0.434. The van der Waals surface area contributed by atoms with Crippen molar-refractivity contribution >= 4 is 21.9 Å². The third kappa shape index (κ3) is 3.71.